The number of aryl methyl sites for hydroxylation is 1. The second-order valence-electron chi connectivity index (χ2n) is 4.15. The number of carbonyl (C=O) groups is 1. The van der Waals surface area contributed by atoms with Gasteiger partial charge in [0.05, 0.1) is 11.3 Å². The molecule has 1 aromatic heterocycles. The molecule has 0 bridgehead atoms. The molecule has 0 fully saturated rings. The SMILES string of the molecule is Cn1ccc(CCNc2cc(Br)ccc2C(=O)O)n1. The zero-order valence-corrected chi connectivity index (χ0v) is 12.0. The van der Waals surface area contributed by atoms with E-state index in [-0.39, 0.29) is 5.56 Å². The van der Waals surface area contributed by atoms with E-state index in [0.717, 1.165) is 16.6 Å². The first kappa shape index (κ1) is 13.6. The number of benzene rings is 1. The third-order valence-electron chi connectivity index (χ3n) is 2.68. The lowest BCUT2D eigenvalue weighted by Crippen LogP contribution is -2.10. The van der Waals surface area contributed by atoms with Gasteiger partial charge in [-0.2, -0.15) is 5.10 Å². The number of carboxylic acids is 1. The van der Waals surface area contributed by atoms with E-state index in [1.165, 1.54) is 0 Å². The Morgan fingerprint density at radius 2 is 2.26 bits per heavy atom. The van der Waals surface area contributed by atoms with E-state index in [1.54, 1.807) is 22.9 Å². The Labute approximate surface area is 119 Å². The average Bonchev–Trinajstić information content (AvgIpc) is 2.75. The second-order valence-corrected chi connectivity index (χ2v) is 5.07. The summed E-state index contributed by atoms with van der Waals surface area (Å²) in [6.45, 7) is 0.633. The van der Waals surface area contributed by atoms with Crippen molar-refractivity contribution in [3.63, 3.8) is 0 Å². The van der Waals surface area contributed by atoms with Gasteiger partial charge in [-0.05, 0) is 24.3 Å². The molecule has 0 radical (unpaired) electrons. The number of rotatable bonds is 5. The van der Waals surface area contributed by atoms with Gasteiger partial charge < -0.3 is 10.4 Å². The highest BCUT2D eigenvalue weighted by Crippen LogP contribution is 2.21. The maximum absolute atomic E-state index is 11.1. The molecule has 2 N–H and O–H groups in total. The summed E-state index contributed by atoms with van der Waals surface area (Å²) < 4.78 is 2.59. The smallest absolute Gasteiger partial charge is 0.337 e. The number of aromatic nitrogens is 2. The quantitative estimate of drug-likeness (QED) is 0.887. The fourth-order valence-electron chi connectivity index (χ4n) is 1.77. The van der Waals surface area contributed by atoms with E-state index in [2.05, 4.69) is 26.3 Å². The number of nitrogens with zero attached hydrogens (tertiary/aromatic N) is 2. The lowest BCUT2D eigenvalue weighted by atomic mass is 10.1. The Balaban J connectivity index is 2.02. The number of nitrogens with one attached hydrogen (secondary N) is 1. The molecule has 0 aliphatic rings. The number of aromatic carboxylic acids is 1. The predicted octanol–water partition coefficient (Wildman–Crippen LogP) is 2.54. The molecule has 1 aromatic carbocycles. The predicted molar refractivity (Wildman–Crippen MR) is 76.5 cm³/mol. The van der Waals surface area contributed by atoms with Crippen LogP contribution in [0.3, 0.4) is 0 Å². The largest absolute Gasteiger partial charge is 0.478 e. The third kappa shape index (κ3) is 3.57. The molecule has 1 heterocycles. The minimum absolute atomic E-state index is 0.268. The molecule has 0 saturated carbocycles. The van der Waals surface area contributed by atoms with Crippen LogP contribution in [-0.2, 0) is 13.5 Å². The van der Waals surface area contributed by atoms with Crippen molar-refractivity contribution in [2.45, 2.75) is 6.42 Å². The van der Waals surface area contributed by atoms with Crippen LogP contribution in [-0.4, -0.2) is 27.4 Å². The van der Waals surface area contributed by atoms with Crippen LogP contribution >= 0.6 is 15.9 Å². The molecule has 6 heteroatoms. The Bertz CT molecular complexity index is 595. The number of hydrogen-bond acceptors (Lipinski definition) is 3. The van der Waals surface area contributed by atoms with E-state index < -0.39 is 5.97 Å². The minimum atomic E-state index is -0.937. The number of carboxylic acid groups (broad SMARTS) is 1. The van der Waals surface area contributed by atoms with Crippen LogP contribution in [0.15, 0.2) is 34.9 Å². The van der Waals surface area contributed by atoms with Crippen molar-refractivity contribution in [3.8, 4) is 0 Å². The minimum Gasteiger partial charge on any atom is -0.478 e. The van der Waals surface area contributed by atoms with Crippen molar-refractivity contribution in [1.82, 2.24) is 9.78 Å². The highest BCUT2D eigenvalue weighted by Gasteiger charge is 2.10. The first-order valence-electron chi connectivity index (χ1n) is 5.81. The second kappa shape index (κ2) is 5.88. The van der Waals surface area contributed by atoms with E-state index in [4.69, 9.17) is 5.11 Å². The highest BCUT2D eigenvalue weighted by molar-refractivity contribution is 9.10. The van der Waals surface area contributed by atoms with Gasteiger partial charge in [-0.25, -0.2) is 4.79 Å². The van der Waals surface area contributed by atoms with Crippen LogP contribution in [0.4, 0.5) is 5.69 Å². The zero-order valence-electron chi connectivity index (χ0n) is 10.4. The first-order chi connectivity index (χ1) is 9.06. The molecule has 0 aliphatic heterocycles. The topological polar surface area (TPSA) is 67.2 Å². The molecule has 0 unspecified atom stereocenters. The first-order valence-corrected chi connectivity index (χ1v) is 6.61. The van der Waals surface area contributed by atoms with Gasteiger partial charge in [-0.3, -0.25) is 4.68 Å². The van der Waals surface area contributed by atoms with E-state index >= 15 is 0 Å². The fraction of sp³-hybridized carbons (Fsp3) is 0.231. The summed E-state index contributed by atoms with van der Waals surface area (Å²) in [5.41, 5.74) is 1.85. The summed E-state index contributed by atoms with van der Waals surface area (Å²) in [5, 5.41) is 16.5. The maximum atomic E-state index is 11.1. The summed E-state index contributed by atoms with van der Waals surface area (Å²) in [6.07, 6.45) is 2.63. The molecular weight excluding hydrogens is 310 g/mol. The summed E-state index contributed by atoms with van der Waals surface area (Å²) in [4.78, 5) is 11.1. The molecule has 19 heavy (non-hydrogen) atoms. The van der Waals surface area contributed by atoms with Gasteiger partial charge in [-0.15, -0.1) is 0 Å². The molecule has 0 saturated heterocycles. The molecule has 0 spiro atoms. The van der Waals surface area contributed by atoms with Gasteiger partial charge >= 0.3 is 5.97 Å². The zero-order chi connectivity index (χ0) is 13.8. The summed E-state index contributed by atoms with van der Waals surface area (Å²) in [6, 6.07) is 7.01. The number of halogens is 1. The molecule has 5 nitrogen and oxygen atoms in total. The van der Waals surface area contributed by atoms with Crippen molar-refractivity contribution in [2.75, 3.05) is 11.9 Å². The Kier molecular flexibility index (Phi) is 4.21. The normalized spacial score (nSPS) is 10.4. The monoisotopic (exact) mass is 323 g/mol. The molecule has 0 amide bonds. The Morgan fingerprint density at radius 3 is 2.89 bits per heavy atom. The van der Waals surface area contributed by atoms with Crippen LogP contribution in [0, 0.1) is 0 Å². The van der Waals surface area contributed by atoms with Gasteiger partial charge in [0.1, 0.15) is 0 Å². The molecule has 2 aromatic rings. The third-order valence-corrected chi connectivity index (χ3v) is 3.17. The lowest BCUT2D eigenvalue weighted by molar-refractivity contribution is 0.0698. The summed E-state index contributed by atoms with van der Waals surface area (Å²) in [5.74, 6) is -0.937. The Morgan fingerprint density at radius 1 is 1.47 bits per heavy atom. The fourth-order valence-corrected chi connectivity index (χ4v) is 2.13. The van der Waals surface area contributed by atoms with Gasteiger partial charge in [0.25, 0.3) is 0 Å². The van der Waals surface area contributed by atoms with E-state index in [1.807, 2.05) is 19.3 Å². The van der Waals surface area contributed by atoms with Crippen LogP contribution in [0.2, 0.25) is 0 Å². The van der Waals surface area contributed by atoms with Gasteiger partial charge in [-0.1, -0.05) is 15.9 Å². The van der Waals surface area contributed by atoms with Crippen molar-refractivity contribution in [1.29, 1.82) is 0 Å². The number of anilines is 1. The molecule has 0 aliphatic carbocycles. The van der Waals surface area contributed by atoms with Crippen LogP contribution < -0.4 is 5.32 Å². The van der Waals surface area contributed by atoms with Crippen LogP contribution in [0.25, 0.3) is 0 Å². The standard InChI is InChI=1S/C13H14BrN3O2/c1-17-7-5-10(16-17)4-6-15-12-8-9(14)2-3-11(12)13(18)19/h2-3,5,7-8,15H,4,6H2,1H3,(H,18,19). The van der Waals surface area contributed by atoms with Gasteiger partial charge in [0.2, 0.25) is 0 Å². The Hall–Kier alpha value is -1.82. The summed E-state index contributed by atoms with van der Waals surface area (Å²) in [7, 11) is 1.87. The average molecular weight is 324 g/mol. The van der Waals surface area contributed by atoms with Crippen molar-refractivity contribution in [2.24, 2.45) is 7.05 Å². The molecule has 2 rings (SSSR count). The number of hydrogen-bond donors (Lipinski definition) is 2. The van der Waals surface area contributed by atoms with Gasteiger partial charge in [0, 0.05) is 36.4 Å². The highest BCUT2D eigenvalue weighted by atomic mass is 79.9. The molecule has 100 valence electrons. The van der Waals surface area contributed by atoms with Crippen LogP contribution in [0.5, 0.6) is 0 Å². The van der Waals surface area contributed by atoms with Gasteiger partial charge in [0.15, 0.2) is 0 Å². The maximum Gasteiger partial charge on any atom is 0.337 e. The van der Waals surface area contributed by atoms with Crippen molar-refractivity contribution >= 4 is 27.6 Å². The van der Waals surface area contributed by atoms with Crippen LogP contribution in [0.1, 0.15) is 16.1 Å². The van der Waals surface area contributed by atoms with Crippen molar-refractivity contribution in [3.05, 3.63) is 46.2 Å². The lowest BCUT2D eigenvalue weighted by Gasteiger charge is -2.09. The van der Waals surface area contributed by atoms with Crippen molar-refractivity contribution < 1.29 is 9.90 Å². The molecule has 0 atom stereocenters. The molecular formula is C13H14BrN3O2. The van der Waals surface area contributed by atoms with E-state index in [9.17, 15) is 4.79 Å². The summed E-state index contributed by atoms with van der Waals surface area (Å²) >= 11 is 3.34. The van der Waals surface area contributed by atoms with E-state index in [0.29, 0.717) is 12.2 Å².